The number of nitrogens with two attached hydrogens (primary N) is 1. The molecule has 0 heterocycles. The number of aryl methyl sites for hydroxylation is 1. The molecule has 1 aromatic carbocycles. The molecule has 0 radical (unpaired) electrons. The van der Waals surface area contributed by atoms with Crippen molar-refractivity contribution in [2.45, 2.75) is 18.9 Å². The van der Waals surface area contributed by atoms with Gasteiger partial charge in [0.15, 0.2) is 0 Å². The smallest absolute Gasteiger partial charge is 0.322 e. The van der Waals surface area contributed by atoms with E-state index in [0.29, 0.717) is 18.4 Å². The quantitative estimate of drug-likeness (QED) is 0.593. The average molecular weight is 221 g/mol. The van der Waals surface area contributed by atoms with Crippen LogP contribution in [0.2, 0.25) is 0 Å². The Morgan fingerprint density at radius 2 is 2.31 bits per heavy atom. The maximum Gasteiger partial charge on any atom is 0.322 e. The van der Waals surface area contributed by atoms with Crippen LogP contribution in [0.1, 0.15) is 22.3 Å². The number of carbonyl (C=O) groups excluding carboxylic acids is 2. The highest BCUT2D eigenvalue weighted by Crippen LogP contribution is 2.07. The lowest BCUT2D eigenvalue weighted by atomic mass is 10.0. The van der Waals surface area contributed by atoms with Gasteiger partial charge >= 0.3 is 5.97 Å². The molecule has 0 aliphatic heterocycles. The molecule has 16 heavy (non-hydrogen) atoms. The second kappa shape index (κ2) is 6.02. The summed E-state index contributed by atoms with van der Waals surface area (Å²) in [5.74, 6) is -0.411. The maximum absolute atomic E-state index is 11.1. The first-order valence-corrected chi connectivity index (χ1v) is 5.05. The van der Waals surface area contributed by atoms with E-state index in [2.05, 4.69) is 4.74 Å². The molecule has 0 saturated heterocycles. The van der Waals surface area contributed by atoms with E-state index in [9.17, 15) is 9.59 Å². The fraction of sp³-hybridized carbons (Fsp3) is 0.333. The van der Waals surface area contributed by atoms with Gasteiger partial charge in [0.05, 0.1) is 7.11 Å². The van der Waals surface area contributed by atoms with Crippen molar-refractivity contribution in [3.63, 3.8) is 0 Å². The van der Waals surface area contributed by atoms with Crippen LogP contribution in [0.15, 0.2) is 24.3 Å². The summed E-state index contributed by atoms with van der Waals surface area (Å²) >= 11 is 0. The zero-order chi connectivity index (χ0) is 12.0. The molecule has 1 aromatic rings. The summed E-state index contributed by atoms with van der Waals surface area (Å²) in [6, 6.07) is 6.62. The second-order valence-corrected chi connectivity index (χ2v) is 3.53. The van der Waals surface area contributed by atoms with E-state index in [0.717, 1.165) is 11.8 Å². The first kappa shape index (κ1) is 12.4. The van der Waals surface area contributed by atoms with Crippen molar-refractivity contribution in [2.24, 2.45) is 5.73 Å². The lowest BCUT2D eigenvalue weighted by Crippen LogP contribution is -2.31. The summed E-state index contributed by atoms with van der Waals surface area (Å²) < 4.78 is 4.53. The Kier molecular flexibility index (Phi) is 4.66. The van der Waals surface area contributed by atoms with Crippen molar-refractivity contribution in [3.8, 4) is 0 Å². The second-order valence-electron chi connectivity index (χ2n) is 3.53. The van der Waals surface area contributed by atoms with E-state index >= 15 is 0 Å². The van der Waals surface area contributed by atoms with Gasteiger partial charge in [-0.3, -0.25) is 9.59 Å². The van der Waals surface area contributed by atoms with E-state index in [4.69, 9.17) is 5.73 Å². The Hall–Kier alpha value is -1.68. The third-order valence-electron chi connectivity index (χ3n) is 2.34. The highest BCUT2D eigenvalue weighted by Gasteiger charge is 2.13. The lowest BCUT2D eigenvalue weighted by Gasteiger charge is -2.08. The van der Waals surface area contributed by atoms with Gasteiger partial charge in [-0.2, -0.15) is 0 Å². The molecule has 0 spiro atoms. The Labute approximate surface area is 94.4 Å². The molecule has 0 unspecified atom stereocenters. The summed E-state index contributed by atoms with van der Waals surface area (Å²) in [5.41, 5.74) is 7.22. The minimum atomic E-state index is -0.607. The Morgan fingerprint density at radius 1 is 1.56 bits per heavy atom. The van der Waals surface area contributed by atoms with Crippen LogP contribution in [-0.4, -0.2) is 25.4 Å². The normalized spacial score (nSPS) is 11.9. The third-order valence-corrected chi connectivity index (χ3v) is 2.34. The molecule has 0 aliphatic carbocycles. The predicted octanol–water partition coefficient (Wildman–Crippen LogP) is 0.932. The van der Waals surface area contributed by atoms with E-state index in [-0.39, 0.29) is 0 Å². The maximum atomic E-state index is 11.1. The van der Waals surface area contributed by atoms with E-state index in [1.807, 2.05) is 12.1 Å². The Morgan fingerprint density at radius 3 is 2.94 bits per heavy atom. The standard InChI is InChI=1S/C12H15NO3/c1-16-12(15)11(13)6-5-9-3-2-4-10(7-9)8-14/h2-4,7-8,11H,5-6,13H2,1H3/t11-/m0/s1. The van der Waals surface area contributed by atoms with Gasteiger partial charge in [0.1, 0.15) is 12.3 Å². The summed E-state index contributed by atoms with van der Waals surface area (Å²) in [4.78, 5) is 21.6. The number of aldehydes is 1. The van der Waals surface area contributed by atoms with Crippen LogP contribution in [0.5, 0.6) is 0 Å². The number of hydrogen-bond donors (Lipinski definition) is 1. The van der Waals surface area contributed by atoms with Crippen molar-refractivity contribution < 1.29 is 14.3 Å². The van der Waals surface area contributed by atoms with Crippen molar-refractivity contribution >= 4 is 12.3 Å². The van der Waals surface area contributed by atoms with Gasteiger partial charge in [-0.1, -0.05) is 18.2 Å². The fourth-order valence-electron chi connectivity index (χ4n) is 1.41. The third kappa shape index (κ3) is 3.47. The SMILES string of the molecule is COC(=O)[C@@H](N)CCc1cccc(C=O)c1. The van der Waals surface area contributed by atoms with Crippen LogP contribution >= 0.6 is 0 Å². The number of methoxy groups -OCH3 is 1. The number of ether oxygens (including phenoxy) is 1. The minimum absolute atomic E-state index is 0.411. The zero-order valence-electron chi connectivity index (χ0n) is 9.18. The van der Waals surface area contributed by atoms with Gasteiger partial charge in [0, 0.05) is 5.56 Å². The van der Waals surface area contributed by atoms with Gasteiger partial charge in [0.2, 0.25) is 0 Å². The minimum Gasteiger partial charge on any atom is -0.468 e. The first-order valence-electron chi connectivity index (χ1n) is 5.05. The molecule has 86 valence electrons. The average Bonchev–Trinajstić information content (AvgIpc) is 2.35. The van der Waals surface area contributed by atoms with E-state index in [1.54, 1.807) is 12.1 Å². The molecule has 1 rings (SSSR count). The zero-order valence-corrected chi connectivity index (χ0v) is 9.18. The van der Waals surface area contributed by atoms with Gasteiger partial charge in [-0.25, -0.2) is 0 Å². The molecule has 0 bridgehead atoms. The van der Waals surface area contributed by atoms with E-state index in [1.165, 1.54) is 7.11 Å². The summed E-state index contributed by atoms with van der Waals surface area (Å²) in [6.45, 7) is 0. The summed E-state index contributed by atoms with van der Waals surface area (Å²) in [6.07, 6.45) is 1.96. The molecule has 0 fully saturated rings. The molecule has 4 nitrogen and oxygen atoms in total. The molecule has 0 amide bonds. The van der Waals surface area contributed by atoms with Gasteiger partial charge in [-0.15, -0.1) is 0 Å². The van der Waals surface area contributed by atoms with Crippen LogP contribution in [0.3, 0.4) is 0 Å². The van der Waals surface area contributed by atoms with Gasteiger partial charge < -0.3 is 10.5 Å². The predicted molar refractivity (Wildman–Crippen MR) is 60.1 cm³/mol. The first-order chi connectivity index (χ1) is 7.67. The Bertz CT molecular complexity index is 376. The van der Waals surface area contributed by atoms with Crippen LogP contribution in [0.25, 0.3) is 0 Å². The topological polar surface area (TPSA) is 69.4 Å². The van der Waals surface area contributed by atoms with Crippen molar-refractivity contribution in [1.29, 1.82) is 0 Å². The van der Waals surface area contributed by atoms with Gasteiger partial charge in [-0.05, 0) is 24.5 Å². The van der Waals surface area contributed by atoms with Crippen LogP contribution in [0, 0.1) is 0 Å². The highest BCUT2D eigenvalue weighted by atomic mass is 16.5. The number of carbonyl (C=O) groups is 2. The van der Waals surface area contributed by atoms with Crippen molar-refractivity contribution in [2.75, 3.05) is 7.11 Å². The number of rotatable bonds is 5. The monoisotopic (exact) mass is 221 g/mol. The molecule has 0 aliphatic rings. The molecule has 4 heteroatoms. The number of benzene rings is 1. The largest absolute Gasteiger partial charge is 0.468 e. The van der Waals surface area contributed by atoms with Crippen LogP contribution < -0.4 is 5.73 Å². The molecule has 2 N–H and O–H groups in total. The molecule has 0 saturated carbocycles. The van der Waals surface area contributed by atoms with Crippen LogP contribution in [-0.2, 0) is 16.0 Å². The molecule has 1 atom stereocenters. The number of hydrogen-bond acceptors (Lipinski definition) is 4. The lowest BCUT2D eigenvalue weighted by molar-refractivity contribution is -0.142. The van der Waals surface area contributed by atoms with E-state index < -0.39 is 12.0 Å². The highest BCUT2D eigenvalue weighted by molar-refractivity contribution is 5.75. The van der Waals surface area contributed by atoms with Crippen molar-refractivity contribution in [1.82, 2.24) is 0 Å². The molecule has 0 aromatic heterocycles. The van der Waals surface area contributed by atoms with Crippen LogP contribution in [0.4, 0.5) is 0 Å². The number of esters is 1. The fourth-order valence-corrected chi connectivity index (χ4v) is 1.41. The molecular formula is C12H15NO3. The summed E-state index contributed by atoms with van der Waals surface area (Å²) in [7, 11) is 1.31. The molecular weight excluding hydrogens is 206 g/mol. The summed E-state index contributed by atoms with van der Waals surface area (Å²) in [5, 5.41) is 0. The Balaban J connectivity index is 2.54. The van der Waals surface area contributed by atoms with Gasteiger partial charge in [0.25, 0.3) is 0 Å². The van der Waals surface area contributed by atoms with Crippen molar-refractivity contribution in [3.05, 3.63) is 35.4 Å².